The van der Waals surface area contributed by atoms with Crippen molar-refractivity contribution in [2.45, 2.75) is 39.7 Å². The van der Waals surface area contributed by atoms with E-state index in [0.717, 1.165) is 12.8 Å². The molecule has 2 aromatic rings. The molecule has 188 valence electrons. The molecule has 4 rings (SSSR count). The first-order chi connectivity index (χ1) is 17.2. The number of imide groups is 1. The van der Waals surface area contributed by atoms with Gasteiger partial charge in [-0.3, -0.25) is 28.9 Å². The molecular weight excluding hydrogens is 462 g/mol. The van der Waals surface area contributed by atoms with Crippen LogP contribution in [0.15, 0.2) is 42.5 Å². The molecule has 0 bridgehead atoms. The molecule has 1 fully saturated rings. The Kier molecular flexibility index (Phi) is 7.19. The molecule has 0 atom stereocenters. The van der Waals surface area contributed by atoms with E-state index < -0.39 is 5.97 Å². The van der Waals surface area contributed by atoms with Gasteiger partial charge in [0.25, 0.3) is 23.6 Å². The molecule has 0 unspecified atom stereocenters. The number of hydrogen-bond acceptors (Lipinski definition) is 6. The predicted octanol–water partition coefficient (Wildman–Crippen LogP) is 2.90. The van der Waals surface area contributed by atoms with Crippen LogP contribution in [0.2, 0.25) is 0 Å². The molecular formula is C27H29N3O6. The Hall–Kier alpha value is -4.01. The Labute approximate surface area is 209 Å². The van der Waals surface area contributed by atoms with Gasteiger partial charge in [-0.05, 0) is 69.0 Å². The van der Waals surface area contributed by atoms with Crippen LogP contribution in [0, 0.1) is 5.92 Å². The molecule has 1 N–H and O–H groups in total. The van der Waals surface area contributed by atoms with E-state index in [1.54, 1.807) is 49.1 Å². The third-order valence-electron chi connectivity index (χ3n) is 6.49. The summed E-state index contributed by atoms with van der Waals surface area (Å²) in [4.78, 5) is 64.8. The first kappa shape index (κ1) is 25.1. The second-order valence-electron chi connectivity index (χ2n) is 9.40. The van der Waals surface area contributed by atoms with E-state index in [2.05, 4.69) is 5.32 Å². The zero-order chi connectivity index (χ0) is 26.0. The Morgan fingerprint density at radius 1 is 0.972 bits per heavy atom. The summed E-state index contributed by atoms with van der Waals surface area (Å²) in [5, 5.41) is 2.92. The maximum atomic E-state index is 12.9. The number of rotatable bonds is 6. The smallest absolute Gasteiger partial charge is 0.308 e. The number of esters is 1. The fourth-order valence-electron chi connectivity index (χ4n) is 4.59. The van der Waals surface area contributed by atoms with Crippen molar-refractivity contribution in [1.82, 2.24) is 15.1 Å². The third-order valence-corrected chi connectivity index (χ3v) is 6.49. The number of nitrogens with one attached hydrogen (secondary N) is 1. The number of carbonyl (C=O) groups is 5. The predicted molar refractivity (Wildman–Crippen MR) is 131 cm³/mol. The van der Waals surface area contributed by atoms with Crippen molar-refractivity contribution in [2.75, 3.05) is 19.6 Å². The van der Waals surface area contributed by atoms with Gasteiger partial charge in [-0.25, -0.2) is 0 Å². The number of benzene rings is 2. The molecule has 2 aromatic carbocycles. The first-order valence-corrected chi connectivity index (χ1v) is 12.0. The second kappa shape index (κ2) is 10.3. The lowest BCUT2D eigenvalue weighted by atomic mass is 9.96. The summed E-state index contributed by atoms with van der Waals surface area (Å²) in [6.45, 7) is 6.41. The Morgan fingerprint density at radius 2 is 1.67 bits per heavy atom. The lowest BCUT2D eigenvalue weighted by Gasteiger charge is -2.32. The van der Waals surface area contributed by atoms with E-state index in [-0.39, 0.29) is 41.2 Å². The van der Waals surface area contributed by atoms with Crippen LogP contribution in [0.3, 0.4) is 0 Å². The summed E-state index contributed by atoms with van der Waals surface area (Å²) in [6, 6.07) is 10.9. The van der Waals surface area contributed by atoms with Crippen molar-refractivity contribution in [1.29, 1.82) is 0 Å². The van der Waals surface area contributed by atoms with Gasteiger partial charge in [0.15, 0.2) is 0 Å². The quantitative estimate of drug-likeness (QED) is 0.378. The highest BCUT2D eigenvalue weighted by atomic mass is 16.5. The zero-order valence-corrected chi connectivity index (χ0v) is 20.6. The number of likely N-dealkylation sites (tertiary alicyclic amines) is 1. The monoisotopic (exact) mass is 491 g/mol. The maximum Gasteiger partial charge on any atom is 0.308 e. The summed E-state index contributed by atoms with van der Waals surface area (Å²) >= 11 is 0. The Bertz CT molecular complexity index is 1230. The van der Waals surface area contributed by atoms with Gasteiger partial charge in [-0.2, -0.15) is 0 Å². The molecule has 2 heterocycles. The molecule has 0 aromatic heterocycles. The molecule has 0 radical (unpaired) electrons. The number of carbonyl (C=O) groups excluding carboxylic acids is 5. The minimum atomic E-state index is -0.444. The van der Waals surface area contributed by atoms with Crippen LogP contribution in [-0.2, 0) is 4.79 Å². The van der Waals surface area contributed by atoms with Crippen molar-refractivity contribution < 1.29 is 28.7 Å². The van der Waals surface area contributed by atoms with Gasteiger partial charge in [0.1, 0.15) is 5.75 Å². The Morgan fingerprint density at radius 3 is 2.33 bits per heavy atom. The lowest BCUT2D eigenvalue weighted by molar-refractivity contribution is -0.131. The number of fused-ring (bicyclic) bond motifs is 1. The van der Waals surface area contributed by atoms with E-state index in [9.17, 15) is 24.0 Å². The van der Waals surface area contributed by atoms with Crippen LogP contribution in [-0.4, -0.2) is 65.1 Å². The second-order valence-corrected chi connectivity index (χ2v) is 9.40. The number of ether oxygens (including phenoxy) is 1. The van der Waals surface area contributed by atoms with Crippen LogP contribution in [0.25, 0.3) is 0 Å². The average molecular weight is 492 g/mol. The summed E-state index contributed by atoms with van der Waals surface area (Å²) < 4.78 is 5.06. The molecule has 0 saturated carbocycles. The van der Waals surface area contributed by atoms with E-state index in [0.29, 0.717) is 42.1 Å². The largest absolute Gasteiger partial charge is 0.427 e. The van der Waals surface area contributed by atoms with Gasteiger partial charge in [-0.1, -0.05) is 6.07 Å². The molecule has 4 amide bonds. The highest BCUT2D eigenvalue weighted by molar-refractivity contribution is 6.22. The van der Waals surface area contributed by atoms with Gasteiger partial charge < -0.3 is 15.0 Å². The van der Waals surface area contributed by atoms with Gasteiger partial charge in [-0.15, -0.1) is 0 Å². The number of piperidine rings is 1. The fourth-order valence-corrected chi connectivity index (χ4v) is 4.59. The van der Waals surface area contributed by atoms with Crippen LogP contribution in [0.1, 0.15) is 75.0 Å². The molecule has 2 aliphatic rings. The molecule has 0 spiro atoms. The molecule has 9 heteroatoms. The molecule has 36 heavy (non-hydrogen) atoms. The van der Waals surface area contributed by atoms with Crippen molar-refractivity contribution in [2.24, 2.45) is 5.92 Å². The van der Waals surface area contributed by atoms with Crippen LogP contribution >= 0.6 is 0 Å². The van der Waals surface area contributed by atoms with Gasteiger partial charge >= 0.3 is 5.97 Å². The van der Waals surface area contributed by atoms with E-state index in [1.165, 1.54) is 24.0 Å². The summed E-state index contributed by atoms with van der Waals surface area (Å²) in [7, 11) is 0. The van der Waals surface area contributed by atoms with Crippen LogP contribution in [0.4, 0.5) is 0 Å². The SMILES string of the molecule is CC(=O)Oc1cccc(C(=O)N2CCC(CNC(=O)c3ccc4c(c3)C(=O)N(C(C)C)C4=O)CC2)c1. The highest BCUT2D eigenvalue weighted by Crippen LogP contribution is 2.26. The molecule has 2 aliphatic heterocycles. The van der Waals surface area contributed by atoms with Crippen molar-refractivity contribution in [3.8, 4) is 5.75 Å². The minimum Gasteiger partial charge on any atom is -0.427 e. The average Bonchev–Trinajstić information content (AvgIpc) is 3.11. The van der Waals surface area contributed by atoms with E-state index in [4.69, 9.17) is 4.74 Å². The Balaban J connectivity index is 1.30. The number of amides is 4. The molecule has 0 aliphatic carbocycles. The van der Waals surface area contributed by atoms with Gasteiger partial charge in [0.2, 0.25) is 0 Å². The zero-order valence-electron chi connectivity index (χ0n) is 20.6. The first-order valence-electron chi connectivity index (χ1n) is 12.0. The summed E-state index contributed by atoms with van der Waals surface area (Å²) in [5.74, 6) is -1.05. The van der Waals surface area contributed by atoms with E-state index >= 15 is 0 Å². The summed E-state index contributed by atoms with van der Waals surface area (Å²) in [6.07, 6.45) is 1.46. The standard InChI is InChI=1S/C27H29N3O6/c1-16(2)30-26(34)22-8-7-19(14-23(22)27(30)35)24(32)28-15-18-9-11-29(12-10-18)25(33)20-5-4-6-21(13-20)36-17(3)31/h4-8,13-14,16,18H,9-12,15H2,1-3H3,(H,28,32). The van der Waals surface area contributed by atoms with Crippen molar-refractivity contribution >= 4 is 29.6 Å². The lowest BCUT2D eigenvalue weighted by Crippen LogP contribution is -2.41. The van der Waals surface area contributed by atoms with Crippen molar-refractivity contribution in [3.05, 3.63) is 64.7 Å². The highest BCUT2D eigenvalue weighted by Gasteiger charge is 2.37. The summed E-state index contributed by atoms with van der Waals surface area (Å²) in [5.41, 5.74) is 1.37. The molecule has 1 saturated heterocycles. The van der Waals surface area contributed by atoms with Crippen LogP contribution in [0.5, 0.6) is 5.75 Å². The van der Waals surface area contributed by atoms with Crippen LogP contribution < -0.4 is 10.1 Å². The topological polar surface area (TPSA) is 113 Å². The van der Waals surface area contributed by atoms with E-state index in [1.807, 2.05) is 0 Å². The van der Waals surface area contributed by atoms with Crippen molar-refractivity contribution in [3.63, 3.8) is 0 Å². The number of hydrogen-bond donors (Lipinski definition) is 1. The molecule has 9 nitrogen and oxygen atoms in total. The third kappa shape index (κ3) is 5.15. The van der Waals surface area contributed by atoms with Gasteiger partial charge in [0.05, 0.1) is 11.1 Å². The number of nitrogens with zero attached hydrogens (tertiary/aromatic N) is 2. The fraction of sp³-hybridized carbons (Fsp3) is 0.370. The normalized spacial score (nSPS) is 15.8. The minimum absolute atomic E-state index is 0.126. The van der Waals surface area contributed by atoms with Gasteiger partial charge in [0, 0.05) is 43.7 Å². The maximum absolute atomic E-state index is 12.9.